The number of halogens is 2. The monoisotopic (exact) mass is 456 g/mol. The molecule has 2 rings (SSSR count). The molecule has 0 saturated heterocycles. The average Bonchev–Trinajstić information content (AvgIpc) is 2.56. The number of rotatable bonds is 5. The number of nitrogens with zero attached hydrogens (tertiary/aromatic N) is 1. The summed E-state index contributed by atoms with van der Waals surface area (Å²) < 4.78 is 5.56. The van der Waals surface area contributed by atoms with E-state index in [-0.39, 0.29) is 5.69 Å². The predicted molar refractivity (Wildman–Crippen MR) is 93.9 cm³/mol. The van der Waals surface area contributed by atoms with Crippen LogP contribution >= 0.6 is 31.9 Å². The van der Waals surface area contributed by atoms with Crippen LogP contribution in [0.25, 0.3) is 0 Å². The maximum atomic E-state index is 11.9. The molecule has 0 bridgehead atoms. The first kappa shape index (κ1) is 18.1. The summed E-state index contributed by atoms with van der Waals surface area (Å²) in [7, 11) is 0. The second kappa shape index (κ2) is 8.02. The lowest BCUT2D eigenvalue weighted by atomic mass is 10.2. The van der Waals surface area contributed by atoms with Crippen LogP contribution in [0, 0.1) is 10.1 Å². The molecule has 0 aliphatic rings. The maximum Gasteiger partial charge on any atom is 0.338 e. The number of benzene rings is 2. The van der Waals surface area contributed by atoms with Crippen molar-refractivity contribution in [2.75, 3.05) is 11.9 Å². The Labute approximate surface area is 153 Å². The van der Waals surface area contributed by atoms with Crippen molar-refractivity contribution in [2.24, 2.45) is 0 Å². The fourth-order valence-corrected chi connectivity index (χ4v) is 3.11. The quantitative estimate of drug-likeness (QED) is 0.416. The highest BCUT2D eigenvalue weighted by Crippen LogP contribution is 2.35. The molecule has 2 aromatic carbocycles. The van der Waals surface area contributed by atoms with E-state index in [1.54, 1.807) is 30.3 Å². The summed E-state index contributed by atoms with van der Waals surface area (Å²) in [5, 5.41) is 13.3. The Balaban J connectivity index is 2.00. The normalized spacial score (nSPS) is 10.1. The molecule has 1 N–H and O–H groups in total. The molecule has 0 unspecified atom stereocenters. The highest BCUT2D eigenvalue weighted by atomic mass is 79.9. The largest absolute Gasteiger partial charge is 0.452 e. The molecule has 0 radical (unpaired) electrons. The van der Waals surface area contributed by atoms with E-state index in [0.29, 0.717) is 20.2 Å². The predicted octanol–water partition coefficient (Wildman–Crippen LogP) is 3.92. The first-order valence-corrected chi connectivity index (χ1v) is 8.12. The maximum absolute atomic E-state index is 11.9. The number of nitro benzene ring substituents is 1. The molecule has 0 aromatic heterocycles. The summed E-state index contributed by atoms with van der Waals surface area (Å²) in [4.78, 5) is 33.9. The van der Waals surface area contributed by atoms with Crippen molar-refractivity contribution >= 4 is 55.1 Å². The van der Waals surface area contributed by atoms with Gasteiger partial charge in [0, 0.05) is 21.1 Å². The van der Waals surface area contributed by atoms with E-state index in [4.69, 9.17) is 4.74 Å². The Morgan fingerprint density at radius 3 is 2.25 bits per heavy atom. The van der Waals surface area contributed by atoms with Gasteiger partial charge < -0.3 is 10.1 Å². The molecule has 0 heterocycles. The second-order valence-corrected chi connectivity index (χ2v) is 6.24. The Morgan fingerprint density at radius 1 is 1.12 bits per heavy atom. The number of non-ortho nitro benzene ring substituents is 1. The lowest BCUT2D eigenvalue weighted by Crippen LogP contribution is -2.21. The zero-order valence-corrected chi connectivity index (χ0v) is 15.2. The molecule has 0 spiro atoms. The van der Waals surface area contributed by atoms with E-state index in [0.717, 1.165) is 0 Å². The van der Waals surface area contributed by atoms with Gasteiger partial charge in [-0.2, -0.15) is 0 Å². The number of nitrogens with one attached hydrogen (secondary N) is 1. The number of hydrogen-bond donors (Lipinski definition) is 1. The minimum atomic E-state index is -0.618. The Bertz CT molecular complexity index is 773. The van der Waals surface area contributed by atoms with E-state index in [1.165, 1.54) is 12.1 Å². The van der Waals surface area contributed by atoms with E-state index >= 15 is 0 Å². The summed E-state index contributed by atoms with van der Waals surface area (Å²) in [5.74, 6) is -1.19. The van der Waals surface area contributed by atoms with Crippen molar-refractivity contribution in [2.45, 2.75) is 0 Å². The van der Waals surface area contributed by atoms with Gasteiger partial charge in [0.05, 0.1) is 16.2 Å². The van der Waals surface area contributed by atoms with Gasteiger partial charge in [0.15, 0.2) is 6.61 Å². The highest BCUT2D eigenvalue weighted by molar-refractivity contribution is 9.11. The molecule has 24 heavy (non-hydrogen) atoms. The van der Waals surface area contributed by atoms with Gasteiger partial charge in [-0.15, -0.1) is 0 Å². The van der Waals surface area contributed by atoms with E-state index in [2.05, 4.69) is 37.2 Å². The molecule has 124 valence electrons. The molecule has 9 heteroatoms. The number of hydrogen-bond acceptors (Lipinski definition) is 5. The van der Waals surface area contributed by atoms with Crippen molar-refractivity contribution in [3.8, 4) is 0 Å². The van der Waals surface area contributed by atoms with Gasteiger partial charge in [0.1, 0.15) is 0 Å². The first-order valence-electron chi connectivity index (χ1n) is 6.54. The van der Waals surface area contributed by atoms with Gasteiger partial charge in [-0.1, -0.05) is 18.2 Å². The van der Waals surface area contributed by atoms with Crippen molar-refractivity contribution < 1.29 is 19.2 Å². The molecular formula is C15H10Br2N2O5. The van der Waals surface area contributed by atoms with Crippen LogP contribution in [0.4, 0.5) is 11.4 Å². The van der Waals surface area contributed by atoms with Crippen LogP contribution in [0.2, 0.25) is 0 Å². The average molecular weight is 458 g/mol. The van der Waals surface area contributed by atoms with Crippen LogP contribution in [0.3, 0.4) is 0 Å². The molecular weight excluding hydrogens is 448 g/mol. The van der Waals surface area contributed by atoms with Gasteiger partial charge in [-0.05, 0) is 44.0 Å². The number of esters is 1. The molecule has 0 saturated carbocycles. The minimum Gasteiger partial charge on any atom is -0.452 e. The second-order valence-electron chi connectivity index (χ2n) is 4.53. The van der Waals surface area contributed by atoms with Gasteiger partial charge in [-0.3, -0.25) is 14.9 Å². The molecule has 1 amide bonds. The molecule has 0 fully saturated rings. The molecule has 2 aromatic rings. The Kier molecular flexibility index (Phi) is 6.04. The van der Waals surface area contributed by atoms with Crippen LogP contribution in [0.5, 0.6) is 0 Å². The third-order valence-corrected chi connectivity index (χ3v) is 4.10. The number of carbonyl (C=O) groups excluding carboxylic acids is 2. The van der Waals surface area contributed by atoms with Crippen LogP contribution in [-0.2, 0) is 9.53 Å². The number of nitro groups is 1. The fraction of sp³-hybridized carbons (Fsp3) is 0.0667. The van der Waals surface area contributed by atoms with Gasteiger partial charge in [0.2, 0.25) is 0 Å². The Hall–Kier alpha value is -2.26. The van der Waals surface area contributed by atoms with Crippen molar-refractivity contribution in [3.05, 3.63) is 67.1 Å². The van der Waals surface area contributed by atoms with Crippen LogP contribution in [0.15, 0.2) is 51.4 Å². The zero-order valence-electron chi connectivity index (χ0n) is 12.0. The van der Waals surface area contributed by atoms with Crippen LogP contribution < -0.4 is 5.32 Å². The number of carbonyl (C=O) groups is 2. The third-order valence-electron chi connectivity index (χ3n) is 2.85. The zero-order chi connectivity index (χ0) is 17.7. The smallest absolute Gasteiger partial charge is 0.338 e. The van der Waals surface area contributed by atoms with E-state index < -0.39 is 23.4 Å². The standard InChI is InChI=1S/C15H10Br2N2O5/c16-11-6-10(19(22)23)7-12(17)14(11)18-13(20)8-24-15(21)9-4-2-1-3-5-9/h1-7H,8H2,(H,18,20). The first-order chi connectivity index (χ1) is 11.4. The number of ether oxygens (including phenoxy) is 1. The summed E-state index contributed by atoms with van der Waals surface area (Å²) >= 11 is 6.31. The Morgan fingerprint density at radius 2 is 1.71 bits per heavy atom. The minimum absolute atomic E-state index is 0.137. The number of anilines is 1. The van der Waals surface area contributed by atoms with Crippen LogP contribution in [0.1, 0.15) is 10.4 Å². The van der Waals surface area contributed by atoms with Gasteiger partial charge in [0.25, 0.3) is 11.6 Å². The summed E-state index contributed by atoms with van der Waals surface area (Å²) in [6.45, 7) is -0.483. The molecule has 0 atom stereocenters. The van der Waals surface area contributed by atoms with Gasteiger partial charge >= 0.3 is 5.97 Å². The third kappa shape index (κ3) is 4.62. The lowest BCUT2D eigenvalue weighted by molar-refractivity contribution is -0.385. The summed E-state index contributed by atoms with van der Waals surface area (Å²) in [5.41, 5.74) is 0.506. The lowest BCUT2D eigenvalue weighted by Gasteiger charge is -2.10. The van der Waals surface area contributed by atoms with Crippen LogP contribution in [-0.4, -0.2) is 23.4 Å². The molecule has 7 nitrogen and oxygen atoms in total. The van der Waals surface area contributed by atoms with Gasteiger partial charge in [-0.25, -0.2) is 4.79 Å². The summed E-state index contributed by atoms with van der Waals surface area (Å²) in [6, 6.07) is 10.8. The summed E-state index contributed by atoms with van der Waals surface area (Å²) in [6.07, 6.45) is 0. The van der Waals surface area contributed by atoms with E-state index in [1.807, 2.05) is 0 Å². The number of amides is 1. The highest BCUT2D eigenvalue weighted by Gasteiger charge is 2.17. The fourth-order valence-electron chi connectivity index (χ4n) is 1.75. The SMILES string of the molecule is O=C(COC(=O)c1ccccc1)Nc1c(Br)cc([N+](=O)[O-])cc1Br. The van der Waals surface area contributed by atoms with Crippen molar-refractivity contribution in [3.63, 3.8) is 0 Å². The van der Waals surface area contributed by atoms with E-state index in [9.17, 15) is 19.7 Å². The van der Waals surface area contributed by atoms with Crippen molar-refractivity contribution in [1.82, 2.24) is 0 Å². The molecule has 0 aliphatic heterocycles. The topological polar surface area (TPSA) is 98.5 Å². The van der Waals surface area contributed by atoms with Crippen molar-refractivity contribution in [1.29, 1.82) is 0 Å². The molecule has 0 aliphatic carbocycles.